The van der Waals surface area contributed by atoms with Crippen molar-refractivity contribution in [2.45, 2.75) is 30.9 Å². The van der Waals surface area contributed by atoms with Crippen molar-refractivity contribution in [2.24, 2.45) is 5.92 Å². The lowest BCUT2D eigenvalue weighted by Crippen LogP contribution is -2.48. The highest BCUT2D eigenvalue weighted by Gasteiger charge is 2.28. The summed E-state index contributed by atoms with van der Waals surface area (Å²) in [4.78, 5) is 2.43. The van der Waals surface area contributed by atoms with Gasteiger partial charge >= 0.3 is 0 Å². The van der Waals surface area contributed by atoms with Crippen molar-refractivity contribution >= 4 is 10.0 Å². The molecule has 2 unspecified atom stereocenters. The van der Waals surface area contributed by atoms with E-state index in [-0.39, 0.29) is 23.5 Å². The quantitative estimate of drug-likeness (QED) is 0.862. The Bertz CT molecular complexity index is 559. The first-order valence-electron chi connectivity index (χ1n) is 6.83. The van der Waals surface area contributed by atoms with Gasteiger partial charge in [0, 0.05) is 12.6 Å². The summed E-state index contributed by atoms with van der Waals surface area (Å²) >= 11 is 0. The van der Waals surface area contributed by atoms with Gasteiger partial charge in [-0.1, -0.05) is 19.1 Å². The van der Waals surface area contributed by atoms with Crippen LogP contribution in [0.25, 0.3) is 0 Å². The Balaban J connectivity index is 2.14. The monoisotopic (exact) mass is 298 g/mol. The maximum Gasteiger partial charge on any atom is 0.240 e. The van der Waals surface area contributed by atoms with E-state index >= 15 is 0 Å². The van der Waals surface area contributed by atoms with Gasteiger partial charge in [-0.3, -0.25) is 0 Å². The molecule has 0 aromatic heterocycles. The number of rotatable bonds is 4. The van der Waals surface area contributed by atoms with Crippen LogP contribution in [-0.4, -0.2) is 44.6 Å². The SMILES string of the molecule is CC1CN(C)CCC1NS(=O)(=O)c1cccc(CO)c1. The summed E-state index contributed by atoms with van der Waals surface area (Å²) in [6, 6.07) is 6.40. The summed E-state index contributed by atoms with van der Waals surface area (Å²) in [6.07, 6.45) is 0.816. The molecule has 1 fully saturated rings. The molecule has 2 rings (SSSR count). The van der Waals surface area contributed by atoms with Crippen molar-refractivity contribution in [3.63, 3.8) is 0 Å². The molecule has 1 saturated heterocycles. The van der Waals surface area contributed by atoms with E-state index in [1.165, 1.54) is 6.07 Å². The molecule has 2 atom stereocenters. The highest BCUT2D eigenvalue weighted by Crippen LogP contribution is 2.19. The third kappa shape index (κ3) is 3.58. The van der Waals surface area contributed by atoms with Crippen LogP contribution in [0.4, 0.5) is 0 Å². The van der Waals surface area contributed by atoms with Gasteiger partial charge in [-0.05, 0) is 43.6 Å². The van der Waals surface area contributed by atoms with E-state index in [0.717, 1.165) is 19.5 Å². The lowest BCUT2D eigenvalue weighted by molar-refractivity contribution is 0.188. The van der Waals surface area contributed by atoms with Crippen molar-refractivity contribution in [2.75, 3.05) is 20.1 Å². The molecule has 5 nitrogen and oxygen atoms in total. The van der Waals surface area contributed by atoms with Gasteiger partial charge in [0.2, 0.25) is 10.0 Å². The van der Waals surface area contributed by atoms with Crippen LogP contribution in [-0.2, 0) is 16.6 Å². The van der Waals surface area contributed by atoms with Crippen LogP contribution in [0.1, 0.15) is 18.9 Å². The Labute approximate surface area is 120 Å². The molecule has 1 aromatic carbocycles. The minimum atomic E-state index is -3.52. The van der Waals surface area contributed by atoms with Crippen LogP contribution in [0.3, 0.4) is 0 Å². The maximum absolute atomic E-state index is 12.4. The Kier molecular flexibility index (Phi) is 4.80. The third-order valence-electron chi connectivity index (χ3n) is 3.81. The van der Waals surface area contributed by atoms with Crippen LogP contribution >= 0.6 is 0 Å². The number of likely N-dealkylation sites (tertiary alicyclic amines) is 1. The summed E-state index contributed by atoms with van der Waals surface area (Å²) in [5.74, 6) is 0.282. The molecule has 0 radical (unpaired) electrons. The molecule has 0 saturated carbocycles. The van der Waals surface area contributed by atoms with Crippen molar-refractivity contribution in [1.29, 1.82) is 0 Å². The average molecular weight is 298 g/mol. The Morgan fingerprint density at radius 3 is 2.85 bits per heavy atom. The van der Waals surface area contributed by atoms with Crippen molar-refractivity contribution in [1.82, 2.24) is 9.62 Å². The standard InChI is InChI=1S/C14H22N2O3S/c1-11-9-16(2)7-6-14(11)15-20(18,19)13-5-3-4-12(8-13)10-17/h3-5,8,11,14-15,17H,6-7,9-10H2,1-2H3. The predicted molar refractivity (Wildman–Crippen MR) is 77.8 cm³/mol. The summed E-state index contributed by atoms with van der Waals surface area (Å²) in [6.45, 7) is 3.69. The zero-order chi connectivity index (χ0) is 14.8. The fourth-order valence-electron chi connectivity index (χ4n) is 2.61. The van der Waals surface area contributed by atoms with Crippen LogP contribution in [0, 0.1) is 5.92 Å². The van der Waals surface area contributed by atoms with E-state index in [0.29, 0.717) is 5.56 Å². The summed E-state index contributed by atoms with van der Waals surface area (Å²) in [7, 11) is -1.47. The molecule has 20 heavy (non-hydrogen) atoms. The number of nitrogens with zero attached hydrogens (tertiary/aromatic N) is 1. The lowest BCUT2D eigenvalue weighted by Gasteiger charge is -2.34. The van der Waals surface area contributed by atoms with Gasteiger partial charge < -0.3 is 10.0 Å². The number of hydrogen-bond donors (Lipinski definition) is 2. The topological polar surface area (TPSA) is 69.6 Å². The molecule has 2 N–H and O–H groups in total. The van der Waals surface area contributed by atoms with Crippen molar-refractivity contribution in [3.05, 3.63) is 29.8 Å². The first-order chi connectivity index (χ1) is 9.42. The second-order valence-corrected chi connectivity index (χ2v) is 7.28. The normalized spacial score (nSPS) is 24.8. The van der Waals surface area contributed by atoms with Gasteiger partial charge in [-0.2, -0.15) is 0 Å². The molecule has 0 spiro atoms. The summed E-state index contributed by atoms with van der Waals surface area (Å²) in [5, 5.41) is 9.10. The van der Waals surface area contributed by atoms with Gasteiger partial charge in [0.1, 0.15) is 0 Å². The van der Waals surface area contributed by atoms with Gasteiger partial charge in [0.25, 0.3) is 0 Å². The fraction of sp³-hybridized carbons (Fsp3) is 0.571. The first kappa shape index (κ1) is 15.4. The van der Waals surface area contributed by atoms with Crippen LogP contribution in [0.5, 0.6) is 0 Å². The maximum atomic E-state index is 12.4. The number of hydrogen-bond acceptors (Lipinski definition) is 4. The molecular weight excluding hydrogens is 276 g/mol. The van der Waals surface area contributed by atoms with Gasteiger partial charge in [-0.15, -0.1) is 0 Å². The van der Waals surface area contributed by atoms with Crippen LogP contribution < -0.4 is 4.72 Å². The zero-order valence-electron chi connectivity index (χ0n) is 11.9. The smallest absolute Gasteiger partial charge is 0.240 e. The average Bonchev–Trinajstić information content (AvgIpc) is 2.42. The molecule has 112 valence electrons. The van der Waals surface area contributed by atoms with E-state index in [9.17, 15) is 8.42 Å². The summed E-state index contributed by atoms with van der Waals surface area (Å²) < 4.78 is 27.6. The van der Waals surface area contributed by atoms with Crippen LogP contribution in [0.2, 0.25) is 0 Å². The first-order valence-corrected chi connectivity index (χ1v) is 8.31. The van der Waals surface area contributed by atoms with E-state index in [1.54, 1.807) is 18.2 Å². The van der Waals surface area contributed by atoms with Crippen molar-refractivity contribution < 1.29 is 13.5 Å². The second-order valence-electron chi connectivity index (χ2n) is 5.56. The molecule has 0 amide bonds. The summed E-state index contributed by atoms with van der Waals surface area (Å²) in [5.41, 5.74) is 0.601. The molecule has 1 aliphatic heterocycles. The van der Waals surface area contributed by atoms with Gasteiger partial charge in [0.05, 0.1) is 11.5 Å². The number of piperidine rings is 1. The number of aliphatic hydroxyl groups is 1. The number of nitrogens with one attached hydrogen (secondary N) is 1. The molecule has 1 heterocycles. The largest absolute Gasteiger partial charge is 0.392 e. The number of benzene rings is 1. The Hall–Kier alpha value is -0.950. The van der Waals surface area contributed by atoms with Crippen LogP contribution in [0.15, 0.2) is 29.2 Å². The molecule has 0 aliphatic carbocycles. The molecule has 6 heteroatoms. The second kappa shape index (κ2) is 6.22. The minimum Gasteiger partial charge on any atom is -0.392 e. The van der Waals surface area contributed by atoms with E-state index in [4.69, 9.17) is 5.11 Å². The highest BCUT2D eigenvalue weighted by molar-refractivity contribution is 7.89. The predicted octanol–water partition coefficient (Wildman–Crippen LogP) is 0.797. The molecule has 1 aliphatic rings. The molecular formula is C14H22N2O3S. The minimum absolute atomic E-state index is 0.0333. The Morgan fingerprint density at radius 2 is 2.20 bits per heavy atom. The molecule has 0 bridgehead atoms. The van der Waals surface area contributed by atoms with E-state index < -0.39 is 10.0 Å². The third-order valence-corrected chi connectivity index (χ3v) is 5.29. The van der Waals surface area contributed by atoms with E-state index in [2.05, 4.69) is 16.5 Å². The van der Waals surface area contributed by atoms with E-state index in [1.807, 2.05) is 7.05 Å². The van der Waals surface area contributed by atoms with Crippen molar-refractivity contribution in [3.8, 4) is 0 Å². The Morgan fingerprint density at radius 1 is 1.45 bits per heavy atom. The molecule has 1 aromatic rings. The fourth-order valence-corrected chi connectivity index (χ4v) is 4.06. The van der Waals surface area contributed by atoms with Gasteiger partial charge in [-0.25, -0.2) is 13.1 Å². The lowest BCUT2D eigenvalue weighted by atomic mass is 9.95. The zero-order valence-corrected chi connectivity index (χ0v) is 12.7. The van der Waals surface area contributed by atoms with Gasteiger partial charge in [0.15, 0.2) is 0 Å². The number of sulfonamides is 1. The number of aliphatic hydroxyl groups excluding tert-OH is 1. The highest BCUT2D eigenvalue weighted by atomic mass is 32.2.